The largest absolute Gasteiger partial charge is 0.356 e. The lowest BCUT2D eigenvalue weighted by molar-refractivity contribution is -0.120. The molecule has 0 saturated carbocycles. The molecule has 3 amide bonds. The Morgan fingerprint density at radius 2 is 2.00 bits per heavy atom. The van der Waals surface area contributed by atoms with Gasteiger partial charge in [-0.15, -0.1) is 11.3 Å². The minimum atomic E-state index is -0.161. The molecule has 3 rings (SSSR count). The topological polar surface area (TPSA) is 90.5 Å². The number of amides is 3. The van der Waals surface area contributed by atoms with Gasteiger partial charge in [0.25, 0.3) is 0 Å². The standard InChI is InChI=1S/C19H26N6O2S/c1-14(2)12-21-17(26)11-15-13-28-18(22-15)23-19(27)25-9-7-24(8-10-25)16-5-3-4-6-20-16/h3-6,13-14H,7-12H2,1-2H3,(H,21,26)(H,22,23,27). The summed E-state index contributed by atoms with van der Waals surface area (Å²) in [6.45, 7) is 7.47. The van der Waals surface area contributed by atoms with Gasteiger partial charge in [-0.3, -0.25) is 10.1 Å². The van der Waals surface area contributed by atoms with Crippen molar-refractivity contribution in [2.45, 2.75) is 20.3 Å². The van der Waals surface area contributed by atoms with Gasteiger partial charge < -0.3 is 15.1 Å². The van der Waals surface area contributed by atoms with Crippen LogP contribution in [0.1, 0.15) is 19.5 Å². The summed E-state index contributed by atoms with van der Waals surface area (Å²) in [5.74, 6) is 1.29. The Morgan fingerprint density at radius 3 is 2.68 bits per heavy atom. The zero-order valence-electron chi connectivity index (χ0n) is 16.2. The average molecular weight is 403 g/mol. The number of piperazine rings is 1. The summed E-state index contributed by atoms with van der Waals surface area (Å²) < 4.78 is 0. The Hall–Kier alpha value is -2.68. The summed E-state index contributed by atoms with van der Waals surface area (Å²) in [4.78, 5) is 37.0. The molecule has 0 spiro atoms. The SMILES string of the molecule is CC(C)CNC(=O)Cc1csc(NC(=O)N2CCN(c3ccccn3)CC2)n1. The molecule has 1 fully saturated rings. The highest BCUT2D eigenvalue weighted by atomic mass is 32.1. The molecule has 1 aliphatic heterocycles. The van der Waals surface area contributed by atoms with E-state index in [1.54, 1.807) is 11.1 Å². The maximum atomic E-state index is 12.5. The van der Waals surface area contributed by atoms with E-state index in [0.29, 0.717) is 36.4 Å². The van der Waals surface area contributed by atoms with Crippen LogP contribution in [0.4, 0.5) is 15.7 Å². The Labute approximate surface area is 169 Å². The van der Waals surface area contributed by atoms with E-state index in [1.165, 1.54) is 11.3 Å². The molecule has 8 nitrogen and oxygen atoms in total. The van der Waals surface area contributed by atoms with E-state index < -0.39 is 0 Å². The molecule has 9 heteroatoms. The number of nitrogens with zero attached hydrogens (tertiary/aromatic N) is 4. The molecule has 1 aliphatic rings. The fourth-order valence-electron chi connectivity index (χ4n) is 2.84. The molecule has 2 N–H and O–H groups in total. The van der Waals surface area contributed by atoms with Crippen LogP contribution in [-0.2, 0) is 11.2 Å². The van der Waals surface area contributed by atoms with Gasteiger partial charge in [0, 0.05) is 44.3 Å². The smallest absolute Gasteiger partial charge is 0.323 e. The molecule has 28 heavy (non-hydrogen) atoms. The third kappa shape index (κ3) is 5.66. The van der Waals surface area contributed by atoms with E-state index in [1.807, 2.05) is 37.4 Å². The minimum absolute atomic E-state index is 0.0532. The number of pyridine rings is 1. The van der Waals surface area contributed by atoms with Crippen molar-refractivity contribution >= 4 is 34.2 Å². The van der Waals surface area contributed by atoms with Crippen LogP contribution >= 0.6 is 11.3 Å². The van der Waals surface area contributed by atoms with Crippen molar-refractivity contribution in [3.05, 3.63) is 35.5 Å². The fourth-order valence-corrected chi connectivity index (χ4v) is 3.54. The summed E-state index contributed by atoms with van der Waals surface area (Å²) >= 11 is 1.34. The summed E-state index contributed by atoms with van der Waals surface area (Å²) in [5.41, 5.74) is 0.668. The van der Waals surface area contributed by atoms with Crippen molar-refractivity contribution in [1.29, 1.82) is 0 Å². The number of urea groups is 1. The zero-order valence-corrected chi connectivity index (χ0v) is 17.0. The van der Waals surface area contributed by atoms with Crippen LogP contribution in [0.2, 0.25) is 0 Å². The number of carbonyl (C=O) groups is 2. The van der Waals surface area contributed by atoms with Gasteiger partial charge >= 0.3 is 6.03 Å². The minimum Gasteiger partial charge on any atom is -0.356 e. The fraction of sp³-hybridized carbons (Fsp3) is 0.474. The lowest BCUT2D eigenvalue weighted by Crippen LogP contribution is -2.50. The van der Waals surface area contributed by atoms with Crippen LogP contribution < -0.4 is 15.5 Å². The first kappa shape index (κ1) is 20.1. The number of rotatable bonds is 6. The number of thiazole rings is 1. The normalized spacial score (nSPS) is 14.2. The highest BCUT2D eigenvalue weighted by molar-refractivity contribution is 7.13. The van der Waals surface area contributed by atoms with Crippen LogP contribution in [0.5, 0.6) is 0 Å². The van der Waals surface area contributed by atoms with Crippen LogP contribution in [0.25, 0.3) is 0 Å². The Balaban J connectivity index is 1.45. The first-order chi connectivity index (χ1) is 13.5. The van der Waals surface area contributed by atoms with Crippen molar-refractivity contribution < 1.29 is 9.59 Å². The van der Waals surface area contributed by atoms with Crippen LogP contribution in [0, 0.1) is 5.92 Å². The molecule has 0 aliphatic carbocycles. The van der Waals surface area contributed by atoms with E-state index in [4.69, 9.17) is 0 Å². The monoisotopic (exact) mass is 402 g/mol. The molecule has 0 unspecified atom stereocenters. The number of hydrogen-bond acceptors (Lipinski definition) is 6. The van der Waals surface area contributed by atoms with Gasteiger partial charge in [-0.2, -0.15) is 0 Å². The number of nitrogens with one attached hydrogen (secondary N) is 2. The van der Waals surface area contributed by atoms with Gasteiger partial charge in [0.1, 0.15) is 5.82 Å². The van der Waals surface area contributed by atoms with Crippen LogP contribution in [-0.4, -0.2) is 59.5 Å². The summed E-state index contributed by atoms with van der Waals surface area (Å²) in [6, 6.07) is 5.67. The van der Waals surface area contributed by atoms with Gasteiger partial charge in [0.2, 0.25) is 5.91 Å². The second-order valence-corrected chi connectivity index (χ2v) is 7.97. The summed E-state index contributed by atoms with van der Waals surface area (Å²) in [6.07, 6.45) is 2.00. The first-order valence-corrected chi connectivity index (χ1v) is 10.3. The van der Waals surface area contributed by atoms with Crippen molar-refractivity contribution in [1.82, 2.24) is 20.2 Å². The van der Waals surface area contributed by atoms with Gasteiger partial charge in [-0.05, 0) is 18.1 Å². The van der Waals surface area contributed by atoms with E-state index in [2.05, 4.69) is 25.5 Å². The number of hydrogen-bond donors (Lipinski definition) is 2. The van der Waals surface area contributed by atoms with E-state index in [9.17, 15) is 9.59 Å². The summed E-state index contributed by atoms with van der Waals surface area (Å²) in [5, 5.41) is 8.04. The zero-order chi connectivity index (χ0) is 19.9. The maximum Gasteiger partial charge on any atom is 0.323 e. The van der Waals surface area contributed by atoms with Gasteiger partial charge in [0.15, 0.2) is 5.13 Å². The molecule has 0 aromatic carbocycles. The second-order valence-electron chi connectivity index (χ2n) is 7.11. The maximum absolute atomic E-state index is 12.5. The molecule has 0 bridgehead atoms. The molecule has 0 atom stereocenters. The van der Waals surface area contributed by atoms with Gasteiger partial charge in [-0.25, -0.2) is 14.8 Å². The Kier molecular flexibility index (Phi) is 6.80. The van der Waals surface area contributed by atoms with Gasteiger partial charge in [0.05, 0.1) is 12.1 Å². The summed E-state index contributed by atoms with van der Waals surface area (Å²) in [7, 11) is 0. The van der Waals surface area contributed by atoms with Crippen molar-refractivity contribution in [3.63, 3.8) is 0 Å². The predicted molar refractivity (Wildman–Crippen MR) is 111 cm³/mol. The molecule has 0 radical (unpaired) electrons. The van der Waals surface area contributed by atoms with E-state index >= 15 is 0 Å². The first-order valence-electron chi connectivity index (χ1n) is 9.44. The molecular formula is C19H26N6O2S. The molecule has 3 heterocycles. The third-order valence-electron chi connectivity index (χ3n) is 4.35. The molecule has 2 aromatic heterocycles. The Bertz CT molecular complexity index is 787. The lowest BCUT2D eigenvalue weighted by Gasteiger charge is -2.35. The van der Waals surface area contributed by atoms with Crippen LogP contribution in [0.15, 0.2) is 29.8 Å². The Morgan fingerprint density at radius 1 is 1.21 bits per heavy atom. The van der Waals surface area contributed by atoms with Crippen molar-refractivity contribution in [2.75, 3.05) is 42.9 Å². The van der Waals surface area contributed by atoms with Crippen molar-refractivity contribution in [3.8, 4) is 0 Å². The number of anilines is 2. The number of carbonyl (C=O) groups excluding carboxylic acids is 2. The lowest BCUT2D eigenvalue weighted by atomic mass is 10.2. The van der Waals surface area contributed by atoms with Gasteiger partial charge in [-0.1, -0.05) is 19.9 Å². The second kappa shape index (κ2) is 9.50. The highest BCUT2D eigenvalue weighted by Gasteiger charge is 2.22. The molecule has 2 aromatic rings. The quantitative estimate of drug-likeness (QED) is 0.773. The molecule has 150 valence electrons. The van der Waals surface area contributed by atoms with E-state index in [0.717, 1.165) is 18.9 Å². The molecular weight excluding hydrogens is 376 g/mol. The van der Waals surface area contributed by atoms with Crippen molar-refractivity contribution in [2.24, 2.45) is 5.92 Å². The highest BCUT2D eigenvalue weighted by Crippen LogP contribution is 2.18. The average Bonchev–Trinajstić information content (AvgIpc) is 3.14. The van der Waals surface area contributed by atoms with E-state index in [-0.39, 0.29) is 18.4 Å². The molecule has 1 saturated heterocycles. The van der Waals surface area contributed by atoms with Crippen LogP contribution in [0.3, 0.4) is 0 Å². The third-order valence-corrected chi connectivity index (χ3v) is 5.16. The predicted octanol–water partition coefficient (Wildman–Crippen LogP) is 2.21. The number of aromatic nitrogens is 2.